The number of methoxy groups -OCH3 is 1. The van der Waals surface area contributed by atoms with Crippen LogP contribution in [0.1, 0.15) is 122 Å². The summed E-state index contributed by atoms with van der Waals surface area (Å²) in [6, 6.07) is 5.13. The van der Waals surface area contributed by atoms with Crippen molar-refractivity contribution in [2.24, 2.45) is 0 Å². The summed E-state index contributed by atoms with van der Waals surface area (Å²) in [7, 11) is 1.52. The molecule has 0 fully saturated rings. The zero-order valence-electron chi connectivity index (χ0n) is 21.4. The number of aromatic hydroxyl groups is 1. The smallest absolute Gasteiger partial charge is 0.220 e. The lowest BCUT2D eigenvalue weighted by Crippen LogP contribution is -2.22. The van der Waals surface area contributed by atoms with Crippen molar-refractivity contribution in [2.75, 3.05) is 7.11 Å². The zero-order valence-corrected chi connectivity index (χ0v) is 21.4. The van der Waals surface area contributed by atoms with E-state index in [1.54, 1.807) is 18.2 Å². The predicted octanol–water partition coefficient (Wildman–Crippen LogP) is 8.22. The number of phenols is 1. The average molecular weight is 460 g/mol. The van der Waals surface area contributed by atoms with Crippen molar-refractivity contribution in [3.8, 4) is 11.5 Å². The molecule has 4 heteroatoms. The van der Waals surface area contributed by atoms with Crippen LogP contribution < -0.4 is 10.1 Å². The van der Waals surface area contributed by atoms with Crippen LogP contribution >= 0.6 is 0 Å². The first kappa shape index (κ1) is 29.1. The summed E-state index contributed by atoms with van der Waals surface area (Å²) >= 11 is 0. The van der Waals surface area contributed by atoms with Crippen LogP contribution in [0.5, 0.6) is 11.5 Å². The van der Waals surface area contributed by atoms with Crippen LogP contribution in [-0.2, 0) is 11.3 Å². The Morgan fingerprint density at radius 1 is 0.848 bits per heavy atom. The van der Waals surface area contributed by atoms with Gasteiger partial charge in [-0.2, -0.15) is 0 Å². The van der Waals surface area contributed by atoms with Gasteiger partial charge in [0.2, 0.25) is 5.91 Å². The van der Waals surface area contributed by atoms with Gasteiger partial charge >= 0.3 is 0 Å². The standard InChI is InChI=1S/C29H49NO3/c1-4-5-6-7-8-9-10-12-15-18-25(2)19-16-13-11-14-17-20-29(32)30-24-26-21-22-27(31)28(23-26)33-3/h21-23,31H,2,4-20,24H2,1,3H3,(H,30,32). The fraction of sp³-hybridized carbons (Fsp3) is 0.690. The number of rotatable bonds is 21. The SMILES string of the molecule is C=C(CCCCCCCCCCC)CCCCCCCC(=O)NCc1ccc(O)c(OC)c1. The van der Waals surface area contributed by atoms with E-state index in [-0.39, 0.29) is 11.7 Å². The molecule has 1 amide bonds. The number of hydrogen-bond donors (Lipinski definition) is 2. The fourth-order valence-electron chi connectivity index (χ4n) is 4.12. The molecule has 0 aliphatic carbocycles. The van der Waals surface area contributed by atoms with Crippen molar-refractivity contribution < 1.29 is 14.6 Å². The number of unbranched alkanes of at least 4 members (excludes halogenated alkanes) is 12. The van der Waals surface area contributed by atoms with E-state index in [0.29, 0.717) is 18.7 Å². The minimum absolute atomic E-state index is 0.0800. The average Bonchev–Trinajstić information content (AvgIpc) is 2.81. The first-order valence-electron chi connectivity index (χ1n) is 13.4. The third-order valence-electron chi connectivity index (χ3n) is 6.30. The van der Waals surface area contributed by atoms with Crippen LogP contribution in [-0.4, -0.2) is 18.1 Å². The predicted molar refractivity (Wildman–Crippen MR) is 140 cm³/mol. The summed E-state index contributed by atoms with van der Waals surface area (Å²) in [5.41, 5.74) is 2.34. The first-order chi connectivity index (χ1) is 16.1. The molecule has 2 N–H and O–H groups in total. The third kappa shape index (κ3) is 15.5. The molecular weight excluding hydrogens is 410 g/mol. The van der Waals surface area contributed by atoms with Crippen molar-refractivity contribution in [3.63, 3.8) is 0 Å². The molecule has 0 spiro atoms. The topological polar surface area (TPSA) is 58.6 Å². The number of carbonyl (C=O) groups excluding carboxylic acids is 1. The van der Waals surface area contributed by atoms with Gasteiger partial charge in [0.05, 0.1) is 7.11 Å². The molecule has 188 valence electrons. The highest BCUT2D eigenvalue weighted by Gasteiger charge is 2.05. The highest BCUT2D eigenvalue weighted by Crippen LogP contribution is 2.26. The normalized spacial score (nSPS) is 10.8. The maximum Gasteiger partial charge on any atom is 0.220 e. The Morgan fingerprint density at radius 2 is 1.36 bits per heavy atom. The van der Waals surface area contributed by atoms with E-state index < -0.39 is 0 Å². The Labute approximate surface area is 203 Å². The van der Waals surface area contributed by atoms with Gasteiger partial charge in [0.1, 0.15) is 0 Å². The molecule has 0 aromatic heterocycles. The second-order valence-corrected chi connectivity index (χ2v) is 9.38. The highest BCUT2D eigenvalue weighted by atomic mass is 16.5. The minimum Gasteiger partial charge on any atom is -0.504 e. The third-order valence-corrected chi connectivity index (χ3v) is 6.30. The van der Waals surface area contributed by atoms with Crippen molar-refractivity contribution in [2.45, 2.75) is 123 Å². The fourth-order valence-corrected chi connectivity index (χ4v) is 4.12. The second kappa shape index (κ2) is 19.5. The van der Waals surface area contributed by atoms with Gasteiger partial charge in [-0.15, -0.1) is 0 Å². The quantitative estimate of drug-likeness (QED) is 0.144. The molecule has 33 heavy (non-hydrogen) atoms. The Kier molecular flexibility index (Phi) is 17.2. The van der Waals surface area contributed by atoms with Gasteiger partial charge in [-0.3, -0.25) is 4.79 Å². The molecule has 0 heterocycles. The van der Waals surface area contributed by atoms with Gasteiger partial charge in [-0.05, 0) is 49.8 Å². The number of phenolic OH excluding ortho intramolecular Hbond substituents is 1. The molecule has 1 rings (SSSR count). The summed E-state index contributed by atoms with van der Waals surface area (Å²) in [6.07, 6.45) is 21.0. The Hall–Kier alpha value is -1.97. The summed E-state index contributed by atoms with van der Waals surface area (Å²) < 4.78 is 5.10. The van der Waals surface area contributed by atoms with Crippen LogP contribution in [0.4, 0.5) is 0 Å². The highest BCUT2D eigenvalue weighted by molar-refractivity contribution is 5.75. The van der Waals surface area contributed by atoms with Gasteiger partial charge in [0, 0.05) is 13.0 Å². The lowest BCUT2D eigenvalue weighted by Gasteiger charge is -2.08. The van der Waals surface area contributed by atoms with E-state index in [2.05, 4.69) is 18.8 Å². The molecule has 0 aliphatic rings. The number of carbonyl (C=O) groups is 1. The summed E-state index contributed by atoms with van der Waals surface area (Å²) in [5, 5.41) is 12.6. The monoisotopic (exact) mass is 459 g/mol. The maximum absolute atomic E-state index is 12.0. The number of allylic oxidation sites excluding steroid dienone is 1. The van der Waals surface area contributed by atoms with Crippen molar-refractivity contribution in [3.05, 3.63) is 35.9 Å². The second-order valence-electron chi connectivity index (χ2n) is 9.38. The Bertz CT molecular complexity index is 656. The van der Waals surface area contributed by atoms with Crippen LogP contribution in [0.3, 0.4) is 0 Å². The number of nitrogens with one attached hydrogen (secondary N) is 1. The van der Waals surface area contributed by atoms with Gasteiger partial charge in [-0.25, -0.2) is 0 Å². The van der Waals surface area contributed by atoms with Crippen molar-refractivity contribution in [1.29, 1.82) is 0 Å². The molecule has 0 saturated heterocycles. The maximum atomic E-state index is 12.0. The van der Waals surface area contributed by atoms with Crippen molar-refractivity contribution >= 4 is 5.91 Å². The molecule has 0 aliphatic heterocycles. The zero-order chi connectivity index (χ0) is 24.2. The Balaban J connectivity index is 1.91. The van der Waals surface area contributed by atoms with E-state index in [1.165, 1.54) is 96.2 Å². The largest absolute Gasteiger partial charge is 0.504 e. The van der Waals surface area contributed by atoms with E-state index in [4.69, 9.17) is 4.74 Å². The van der Waals surface area contributed by atoms with E-state index in [1.807, 2.05) is 0 Å². The molecule has 0 radical (unpaired) electrons. The van der Waals surface area contributed by atoms with Crippen LogP contribution in [0.15, 0.2) is 30.4 Å². The summed E-state index contributed by atoms with van der Waals surface area (Å²) in [5.74, 6) is 0.619. The van der Waals surface area contributed by atoms with Gasteiger partial charge in [-0.1, -0.05) is 95.8 Å². The lowest BCUT2D eigenvalue weighted by molar-refractivity contribution is -0.121. The number of amides is 1. The molecule has 0 saturated carbocycles. The van der Waals surface area contributed by atoms with Gasteiger partial charge < -0.3 is 15.2 Å². The van der Waals surface area contributed by atoms with Crippen LogP contribution in [0, 0.1) is 0 Å². The number of benzene rings is 1. The Morgan fingerprint density at radius 3 is 1.91 bits per heavy atom. The summed E-state index contributed by atoms with van der Waals surface area (Å²) in [6.45, 7) is 6.99. The van der Waals surface area contributed by atoms with Crippen molar-refractivity contribution in [1.82, 2.24) is 5.32 Å². The molecule has 4 nitrogen and oxygen atoms in total. The van der Waals surface area contributed by atoms with E-state index in [0.717, 1.165) is 24.8 Å². The van der Waals surface area contributed by atoms with Gasteiger partial charge in [0.15, 0.2) is 11.5 Å². The molecular formula is C29H49NO3. The summed E-state index contributed by atoms with van der Waals surface area (Å²) in [4.78, 5) is 12.0. The van der Waals surface area contributed by atoms with Crippen LogP contribution in [0.2, 0.25) is 0 Å². The molecule has 1 aromatic carbocycles. The molecule has 1 aromatic rings. The number of ether oxygens (including phenoxy) is 1. The lowest BCUT2D eigenvalue weighted by atomic mass is 10.0. The molecule has 0 atom stereocenters. The van der Waals surface area contributed by atoms with E-state index in [9.17, 15) is 9.90 Å². The molecule has 0 bridgehead atoms. The van der Waals surface area contributed by atoms with E-state index >= 15 is 0 Å². The first-order valence-corrected chi connectivity index (χ1v) is 13.4. The molecule has 0 unspecified atom stereocenters. The number of hydrogen-bond acceptors (Lipinski definition) is 3. The van der Waals surface area contributed by atoms with Gasteiger partial charge in [0.25, 0.3) is 0 Å². The minimum atomic E-state index is 0.0800. The van der Waals surface area contributed by atoms with Crippen LogP contribution in [0.25, 0.3) is 0 Å².